The molecule has 11 aromatic carbocycles. The molecule has 0 aliphatic carbocycles. The van der Waals surface area contributed by atoms with E-state index in [2.05, 4.69) is 194 Å². The predicted molar refractivity (Wildman–Crippen MR) is 292 cm³/mol. The lowest BCUT2D eigenvalue weighted by Crippen LogP contribution is -2.25. The lowest BCUT2D eigenvalue weighted by Gasteiger charge is -2.21. The van der Waals surface area contributed by atoms with Crippen LogP contribution in [-0.2, 0) is 4.57 Å². The summed E-state index contributed by atoms with van der Waals surface area (Å²) in [5.41, 5.74) is 11.8. The van der Waals surface area contributed by atoms with Crippen LogP contribution in [0.25, 0.3) is 100 Å². The molecular weight excluding hydrogens is 870 g/mol. The Labute approximate surface area is 407 Å². The summed E-state index contributed by atoms with van der Waals surface area (Å²) >= 11 is 0. The number of aromatic nitrogens is 3. The van der Waals surface area contributed by atoms with E-state index in [0.29, 0.717) is 17.5 Å². The molecule has 4 nitrogen and oxygen atoms in total. The quantitative estimate of drug-likeness (QED) is 0.128. The van der Waals surface area contributed by atoms with Crippen molar-refractivity contribution in [1.82, 2.24) is 15.0 Å². The molecule has 330 valence electrons. The highest BCUT2D eigenvalue weighted by molar-refractivity contribution is 7.85. The van der Waals surface area contributed by atoms with E-state index in [1.807, 2.05) is 72.8 Å². The lowest BCUT2D eigenvalue weighted by atomic mass is 9.97. The fraction of sp³-hybridized carbons (Fsp3) is 0. The summed E-state index contributed by atoms with van der Waals surface area (Å²) in [5.74, 6) is 1.89. The monoisotopic (exact) mass is 913 g/mol. The van der Waals surface area contributed by atoms with Gasteiger partial charge in [0.1, 0.15) is 0 Å². The Bertz CT molecular complexity index is 3770. The molecule has 1 aromatic heterocycles. The van der Waals surface area contributed by atoms with Gasteiger partial charge in [0.15, 0.2) is 24.6 Å². The first kappa shape index (κ1) is 42.5. The molecular formula is C65H44N3OP. The third kappa shape index (κ3) is 8.32. The molecule has 0 aliphatic heterocycles. The van der Waals surface area contributed by atoms with E-state index in [4.69, 9.17) is 15.0 Å². The number of rotatable bonds is 10. The SMILES string of the molecule is O=P(c1ccc(-c2ccc(-c3ccc(-c4ccc(-c5nc(-c6ccccc6)nc(-c6ccc(-c7ccccc7)cc6)n5)cc4)cc3)cc2)cc1)(c1ccc2ccccc2c1)c1ccc2ccccc2c1. The highest BCUT2D eigenvalue weighted by Crippen LogP contribution is 2.44. The van der Waals surface area contributed by atoms with Crippen LogP contribution < -0.4 is 15.9 Å². The number of hydrogen-bond acceptors (Lipinski definition) is 4. The van der Waals surface area contributed by atoms with Crippen LogP contribution in [0.15, 0.2) is 267 Å². The minimum Gasteiger partial charge on any atom is -0.309 e. The highest BCUT2D eigenvalue weighted by Gasteiger charge is 2.30. The maximum Gasteiger partial charge on any atom is 0.171 e. The van der Waals surface area contributed by atoms with Crippen molar-refractivity contribution in [2.24, 2.45) is 0 Å². The molecule has 5 heteroatoms. The van der Waals surface area contributed by atoms with Gasteiger partial charge in [0.05, 0.1) is 0 Å². The molecule has 0 fully saturated rings. The molecule has 0 saturated heterocycles. The van der Waals surface area contributed by atoms with E-state index in [1.54, 1.807) is 0 Å². The van der Waals surface area contributed by atoms with Crippen molar-refractivity contribution in [3.8, 4) is 78.7 Å². The molecule has 0 saturated carbocycles. The molecule has 0 unspecified atom stereocenters. The number of fused-ring (bicyclic) bond motifs is 2. The average molecular weight is 914 g/mol. The Hall–Kier alpha value is -8.82. The van der Waals surface area contributed by atoms with E-state index in [0.717, 1.165) is 93.1 Å². The summed E-state index contributed by atoms with van der Waals surface area (Å²) in [6.07, 6.45) is 0. The minimum atomic E-state index is -3.23. The van der Waals surface area contributed by atoms with Crippen molar-refractivity contribution in [3.63, 3.8) is 0 Å². The Kier molecular flexibility index (Phi) is 11.1. The fourth-order valence-electron chi connectivity index (χ4n) is 9.37. The third-order valence-electron chi connectivity index (χ3n) is 13.3. The molecule has 0 aliphatic rings. The molecule has 0 amide bonds. The Morgan fingerprint density at radius 2 is 0.457 bits per heavy atom. The van der Waals surface area contributed by atoms with Gasteiger partial charge >= 0.3 is 0 Å². The van der Waals surface area contributed by atoms with E-state index < -0.39 is 7.14 Å². The summed E-state index contributed by atoms with van der Waals surface area (Å²) in [4.78, 5) is 14.9. The van der Waals surface area contributed by atoms with Crippen LogP contribution in [0.3, 0.4) is 0 Å². The Morgan fingerprint density at radius 1 is 0.214 bits per heavy atom. The first-order valence-corrected chi connectivity index (χ1v) is 25.2. The summed E-state index contributed by atoms with van der Waals surface area (Å²) in [6.45, 7) is 0. The molecule has 12 aromatic rings. The van der Waals surface area contributed by atoms with Crippen molar-refractivity contribution in [2.75, 3.05) is 0 Å². The molecule has 0 atom stereocenters. The standard InChI is InChI=1S/C65H44N3OP/c69-70(61-41-37-46-13-7-9-17-58(46)43-61,62-42-38-47-14-8-10-18-59(47)44-62)60-39-35-54(36-40-60)52-25-23-50(24-26-52)49-19-21-51(22-20-49)53-29-33-57(34-30-53)65-67-63(55-15-5-2-6-16-55)66-64(68-65)56-31-27-48(28-32-56)45-11-3-1-4-12-45/h1-44H. The van der Waals surface area contributed by atoms with Gasteiger partial charge in [0.25, 0.3) is 0 Å². The zero-order valence-corrected chi connectivity index (χ0v) is 39.0. The maximum absolute atomic E-state index is 15.7. The second kappa shape index (κ2) is 18.3. The largest absolute Gasteiger partial charge is 0.309 e. The van der Waals surface area contributed by atoms with Crippen LogP contribution >= 0.6 is 7.14 Å². The topological polar surface area (TPSA) is 55.7 Å². The minimum absolute atomic E-state index is 0.624. The second-order valence-corrected chi connectivity index (χ2v) is 20.3. The smallest absolute Gasteiger partial charge is 0.171 e. The number of benzene rings is 11. The van der Waals surface area contributed by atoms with Gasteiger partial charge < -0.3 is 4.57 Å². The van der Waals surface area contributed by atoms with Crippen LogP contribution in [0.2, 0.25) is 0 Å². The number of nitrogens with zero attached hydrogens (tertiary/aromatic N) is 3. The van der Waals surface area contributed by atoms with Crippen molar-refractivity contribution in [1.29, 1.82) is 0 Å². The van der Waals surface area contributed by atoms with Gasteiger partial charge in [-0.3, -0.25) is 0 Å². The van der Waals surface area contributed by atoms with E-state index >= 15 is 4.57 Å². The first-order chi connectivity index (χ1) is 34.5. The van der Waals surface area contributed by atoms with Gasteiger partial charge in [-0.1, -0.05) is 255 Å². The van der Waals surface area contributed by atoms with Crippen LogP contribution in [0.4, 0.5) is 0 Å². The van der Waals surface area contributed by atoms with Gasteiger partial charge in [-0.05, 0) is 78.2 Å². The molecule has 0 N–H and O–H groups in total. The van der Waals surface area contributed by atoms with Crippen LogP contribution in [0.1, 0.15) is 0 Å². The van der Waals surface area contributed by atoms with Crippen molar-refractivity contribution >= 4 is 44.6 Å². The van der Waals surface area contributed by atoms with E-state index in [1.165, 1.54) is 5.56 Å². The fourth-order valence-corrected chi connectivity index (χ4v) is 12.0. The molecule has 70 heavy (non-hydrogen) atoms. The van der Waals surface area contributed by atoms with E-state index in [9.17, 15) is 0 Å². The van der Waals surface area contributed by atoms with Gasteiger partial charge in [-0.15, -0.1) is 0 Å². The van der Waals surface area contributed by atoms with E-state index in [-0.39, 0.29) is 0 Å². The predicted octanol–water partition coefficient (Wildman–Crippen LogP) is 15.5. The number of hydrogen-bond donors (Lipinski definition) is 0. The second-order valence-electron chi connectivity index (χ2n) is 17.6. The molecule has 12 rings (SSSR count). The lowest BCUT2D eigenvalue weighted by molar-refractivity contribution is 0.592. The van der Waals surface area contributed by atoms with Crippen molar-refractivity contribution < 1.29 is 4.57 Å². The van der Waals surface area contributed by atoms with Crippen molar-refractivity contribution in [2.45, 2.75) is 0 Å². The molecule has 1 heterocycles. The van der Waals surface area contributed by atoms with Gasteiger partial charge in [0.2, 0.25) is 0 Å². The molecule has 0 radical (unpaired) electrons. The van der Waals surface area contributed by atoms with Crippen LogP contribution in [0, 0.1) is 0 Å². The highest BCUT2D eigenvalue weighted by atomic mass is 31.2. The van der Waals surface area contributed by atoms with Gasteiger partial charge in [-0.2, -0.15) is 0 Å². The maximum atomic E-state index is 15.7. The zero-order valence-electron chi connectivity index (χ0n) is 38.1. The average Bonchev–Trinajstić information content (AvgIpc) is 3.45. The van der Waals surface area contributed by atoms with Gasteiger partial charge in [-0.25, -0.2) is 15.0 Å². The van der Waals surface area contributed by atoms with Crippen LogP contribution in [0.5, 0.6) is 0 Å². The van der Waals surface area contributed by atoms with Gasteiger partial charge in [0, 0.05) is 32.6 Å². The van der Waals surface area contributed by atoms with Crippen LogP contribution in [-0.4, -0.2) is 15.0 Å². The Morgan fingerprint density at radius 3 is 0.814 bits per heavy atom. The third-order valence-corrected chi connectivity index (χ3v) is 16.3. The summed E-state index contributed by atoms with van der Waals surface area (Å²) in [6, 6.07) is 91.9. The summed E-state index contributed by atoms with van der Waals surface area (Å²) in [5, 5.41) is 6.88. The summed E-state index contributed by atoms with van der Waals surface area (Å²) < 4.78 is 15.7. The van der Waals surface area contributed by atoms with Crippen molar-refractivity contribution in [3.05, 3.63) is 267 Å². The first-order valence-electron chi connectivity index (χ1n) is 23.5. The summed E-state index contributed by atoms with van der Waals surface area (Å²) in [7, 11) is -3.23. The Balaban J connectivity index is 0.782. The normalized spacial score (nSPS) is 11.5. The molecule has 0 bridgehead atoms. The zero-order chi connectivity index (χ0) is 46.9. The molecule has 0 spiro atoms.